The summed E-state index contributed by atoms with van der Waals surface area (Å²) in [6, 6.07) is 111. The Morgan fingerprint density at radius 1 is 0.221 bits per heavy atom. The summed E-state index contributed by atoms with van der Waals surface area (Å²) in [5.74, 6) is 1.47. The molecular weight excluding hydrogens is 1170 g/mol. The molecule has 6 nitrogen and oxygen atoms in total. The van der Waals surface area contributed by atoms with Gasteiger partial charge in [-0.3, -0.25) is 9.97 Å². The maximum atomic E-state index is 5.27. The lowest BCUT2D eigenvalue weighted by atomic mass is 9.93. The van der Waals surface area contributed by atoms with Crippen molar-refractivity contribution >= 4 is 107 Å². The first-order valence-corrected chi connectivity index (χ1v) is 32.8. The van der Waals surface area contributed by atoms with Gasteiger partial charge < -0.3 is 0 Å². The van der Waals surface area contributed by atoms with Crippen molar-refractivity contribution in [1.29, 1.82) is 0 Å². The number of fused-ring (bicyclic) bond motifs is 12. The van der Waals surface area contributed by atoms with E-state index in [0.717, 1.165) is 110 Å². The van der Waals surface area contributed by atoms with Gasteiger partial charge in [-0.2, -0.15) is 0 Å². The van der Waals surface area contributed by atoms with Crippen molar-refractivity contribution < 1.29 is 0 Å². The minimum Gasteiger partial charge on any atom is -0.256 e. The van der Waals surface area contributed by atoms with Gasteiger partial charge in [0.05, 0.1) is 38.2 Å². The SMILES string of the molecule is c1ccc(-c2nc(-c3ccc(-c4ccc(-c5ccc6c(c5)ncc5ccccc56)cc4)c4ccccc34)nc3c2sc2ccccc23)cc1.c1ccc(-c2nc(-c3ccc(-c4ccc(-c5ccc6c(c5)ncc5ccccc56)cc4)c4ccccc34)nc3ccccc23)cc1. The van der Waals surface area contributed by atoms with Gasteiger partial charge >= 0.3 is 0 Å². The van der Waals surface area contributed by atoms with E-state index >= 15 is 0 Å². The summed E-state index contributed by atoms with van der Waals surface area (Å²) in [5, 5.41) is 14.0. The smallest absolute Gasteiger partial charge is 0.161 e. The van der Waals surface area contributed by atoms with E-state index in [0.29, 0.717) is 0 Å². The standard InChI is InChI=1S/C45H27N3S.C43H27N3/c1-2-10-30(11-3-1)42-44-43(39-16-8-9-17-41(39)49-44)48-45(47-42)38-25-24-34(35-14-6-7-15-36(35)38)29-20-18-28(19-21-29)31-22-23-37-33-13-5-4-12-32(33)27-46-40(37)26-31;1-2-10-30(11-3-1)42-39-16-8-9-17-40(39)45-43(46-42)38-25-24-34(35-14-6-7-15-36(35)38)29-20-18-28(19-21-29)31-22-23-37-33-13-5-4-12-32(33)27-44-41(37)26-31/h1-27H;1-27H. The van der Waals surface area contributed by atoms with Crippen LogP contribution in [0, 0.1) is 0 Å². The zero-order chi connectivity index (χ0) is 62.8. The predicted octanol–water partition coefficient (Wildman–Crippen LogP) is 23.5. The van der Waals surface area contributed by atoms with Crippen LogP contribution < -0.4 is 0 Å². The van der Waals surface area contributed by atoms with Gasteiger partial charge in [0, 0.05) is 71.7 Å². The van der Waals surface area contributed by atoms with Crippen LogP contribution >= 0.6 is 11.3 Å². The number of hydrogen-bond donors (Lipinski definition) is 0. The fraction of sp³-hybridized carbons (Fsp3) is 0. The molecule has 442 valence electrons. The van der Waals surface area contributed by atoms with Gasteiger partial charge in [0.1, 0.15) is 0 Å². The highest BCUT2D eigenvalue weighted by molar-refractivity contribution is 7.26. The largest absolute Gasteiger partial charge is 0.256 e. The van der Waals surface area contributed by atoms with Crippen molar-refractivity contribution in [2.24, 2.45) is 0 Å². The summed E-state index contributed by atoms with van der Waals surface area (Å²) < 4.78 is 2.34. The number of benzene rings is 14. The fourth-order valence-corrected chi connectivity index (χ4v) is 14.9. The van der Waals surface area contributed by atoms with Crippen LogP contribution in [0.15, 0.2) is 328 Å². The summed E-state index contributed by atoms with van der Waals surface area (Å²) in [5.41, 5.74) is 19.5. The third-order valence-corrected chi connectivity index (χ3v) is 19.7. The van der Waals surface area contributed by atoms with E-state index in [1.165, 1.54) is 75.8 Å². The lowest BCUT2D eigenvalue weighted by Crippen LogP contribution is -1.96. The van der Waals surface area contributed by atoms with Crippen molar-refractivity contribution in [1.82, 2.24) is 29.9 Å². The Morgan fingerprint density at radius 3 is 1.15 bits per heavy atom. The van der Waals surface area contributed by atoms with E-state index < -0.39 is 0 Å². The molecule has 7 heteroatoms. The number of nitrogens with zero attached hydrogens (tertiary/aromatic N) is 6. The molecule has 95 heavy (non-hydrogen) atoms. The molecule has 0 N–H and O–H groups in total. The maximum Gasteiger partial charge on any atom is 0.161 e. The molecule has 0 radical (unpaired) electrons. The van der Waals surface area contributed by atoms with Crippen molar-refractivity contribution in [3.63, 3.8) is 0 Å². The fourth-order valence-electron chi connectivity index (χ4n) is 13.8. The van der Waals surface area contributed by atoms with Crippen LogP contribution in [0.25, 0.3) is 186 Å². The zero-order valence-corrected chi connectivity index (χ0v) is 52.1. The number of para-hydroxylation sites is 1. The molecule has 0 spiro atoms. The van der Waals surface area contributed by atoms with Gasteiger partial charge in [0.15, 0.2) is 11.6 Å². The highest BCUT2D eigenvalue weighted by atomic mass is 32.1. The molecule has 0 aliphatic heterocycles. The maximum absolute atomic E-state index is 5.27. The van der Waals surface area contributed by atoms with Crippen molar-refractivity contribution in [3.05, 3.63) is 328 Å². The first-order chi connectivity index (χ1) is 47.1. The van der Waals surface area contributed by atoms with Crippen molar-refractivity contribution in [2.75, 3.05) is 0 Å². The van der Waals surface area contributed by atoms with Gasteiger partial charge in [-0.25, -0.2) is 19.9 Å². The Bertz CT molecular complexity index is 6210. The molecule has 0 amide bonds. The minimum absolute atomic E-state index is 0.730. The molecule has 19 aromatic rings. The zero-order valence-electron chi connectivity index (χ0n) is 51.3. The highest BCUT2D eigenvalue weighted by Crippen LogP contribution is 2.43. The van der Waals surface area contributed by atoms with E-state index in [1.807, 2.05) is 36.7 Å². The Kier molecular flexibility index (Phi) is 13.6. The monoisotopic (exact) mass is 1230 g/mol. The Morgan fingerprint density at radius 2 is 0.611 bits per heavy atom. The van der Waals surface area contributed by atoms with Crippen LogP contribution in [0.2, 0.25) is 0 Å². The van der Waals surface area contributed by atoms with Crippen LogP contribution in [0.5, 0.6) is 0 Å². The predicted molar refractivity (Wildman–Crippen MR) is 399 cm³/mol. The van der Waals surface area contributed by atoms with E-state index in [9.17, 15) is 0 Å². The van der Waals surface area contributed by atoms with Gasteiger partial charge in [-0.1, -0.05) is 279 Å². The lowest BCUT2D eigenvalue weighted by molar-refractivity contribution is 1.23. The molecule has 0 atom stereocenters. The topological polar surface area (TPSA) is 77.3 Å². The van der Waals surface area contributed by atoms with E-state index in [1.54, 1.807) is 11.3 Å². The first kappa shape index (κ1) is 55.4. The second kappa shape index (κ2) is 23.4. The highest BCUT2D eigenvalue weighted by Gasteiger charge is 2.20. The summed E-state index contributed by atoms with van der Waals surface area (Å²) in [4.78, 5) is 30.3. The molecule has 0 fully saturated rings. The van der Waals surface area contributed by atoms with Crippen LogP contribution in [0.1, 0.15) is 0 Å². The van der Waals surface area contributed by atoms with Crippen LogP contribution in [-0.2, 0) is 0 Å². The molecule has 0 bridgehead atoms. The molecule has 5 aromatic heterocycles. The third kappa shape index (κ3) is 9.98. The average molecular weight is 1230 g/mol. The first-order valence-electron chi connectivity index (χ1n) is 32.0. The number of hydrogen-bond acceptors (Lipinski definition) is 7. The Hall–Kier alpha value is -12.4. The number of aromatic nitrogens is 6. The average Bonchev–Trinajstić information content (AvgIpc) is 1.68. The summed E-state index contributed by atoms with van der Waals surface area (Å²) in [7, 11) is 0. The summed E-state index contributed by atoms with van der Waals surface area (Å²) in [6.07, 6.45) is 3.93. The molecule has 5 heterocycles. The third-order valence-electron chi connectivity index (χ3n) is 18.5. The molecule has 0 aliphatic carbocycles. The van der Waals surface area contributed by atoms with Crippen LogP contribution in [0.3, 0.4) is 0 Å². The molecule has 0 aliphatic rings. The van der Waals surface area contributed by atoms with Crippen molar-refractivity contribution in [2.45, 2.75) is 0 Å². The Balaban J connectivity index is 0.000000139. The minimum atomic E-state index is 0.730. The van der Waals surface area contributed by atoms with Gasteiger partial charge in [0.25, 0.3) is 0 Å². The second-order valence-electron chi connectivity index (χ2n) is 24.0. The molecule has 0 saturated heterocycles. The van der Waals surface area contributed by atoms with Gasteiger partial charge in [0.2, 0.25) is 0 Å². The summed E-state index contributed by atoms with van der Waals surface area (Å²) >= 11 is 1.76. The number of pyridine rings is 2. The molecule has 0 saturated carbocycles. The Labute approximate surface area is 551 Å². The quantitative estimate of drug-likeness (QED) is 0.141. The molecular formula is C88H54N6S. The summed E-state index contributed by atoms with van der Waals surface area (Å²) in [6.45, 7) is 0. The van der Waals surface area contributed by atoms with E-state index in [-0.39, 0.29) is 0 Å². The van der Waals surface area contributed by atoms with Gasteiger partial charge in [-0.05, 0) is 113 Å². The molecule has 14 aromatic carbocycles. The number of thiophene rings is 1. The van der Waals surface area contributed by atoms with E-state index in [4.69, 9.17) is 29.9 Å². The van der Waals surface area contributed by atoms with E-state index in [2.05, 4.69) is 291 Å². The van der Waals surface area contributed by atoms with Gasteiger partial charge in [-0.15, -0.1) is 11.3 Å². The second-order valence-corrected chi connectivity index (χ2v) is 25.1. The molecule has 0 unspecified atom stereocenters. The number of rotatable bonds is 8. The molecule has 19 rings (SSSR count). The normalized spacial score (nSPS) is 11.6. The lowest BCUT2D eigenvalue weighted by Gasteiger charge is -2.14. The van der Waals surface area contributed by atoms with Crippen LogP contribution in [-0.4, -0.2) is 29.9 Å². The van der Waals surface area contributed by atoms with Crippen LogP contribution in [0.4, 0.5) is 0 Å². The van der Waals surface area contributed by atoms with Crippen molar-refractivity contribution in [3.8, 4) is 89.8 Å².